The molecule has 2 nitrogen and oxygen atoms in total. The number of esters is 1. The van der Waals surface area contributed by atoms with Crippen molar-refractivity contribution in [1.29, 1.82) is 0 Å². The van der Waals surface area contributed by atoms with Crippen LogP contribution in [-0.2, 0) is 9.53 Å². The second-order valence-corrected chi connectivity index (χ2v) is 3.10. The maximum atomic E-state index is 11.5. The van der Waals surface area contributed by atoms with Crippen LogP contribution in [0.4, 0.5) is 13.2 Å². The van der Waals surface area contributed by atoms with Crippen molar-refractivity contribution < 1.29 is 22.7 Å². The molecule has 0 heterocycles. The zero-order chi connectivity index (χ0) is 9.61. The molecule has 0 aliphatic carbocycles. The molecular formula is C6H9F3O2S. The molecule has 0 unspecified atom stereocenters. The number of hydrogen-bond donors (Lipinski definition) is 0. The minimum absolute atomic E-state index is 0.0212. The van der Waals surface area contributed by atoms with Crippen molar-refractivity contribution in [2.24, 2.45) is 0 Å². The second-order valence-electron chi connectivity index (χ2n) is 1.99. The lowest BCUT2D eigenvalue weighted by Crippen LogP contribution is -2.10. The number of halogens is 3. The molecule has 0 saturated carbocycles. The van der Waals surface area contributed by atoms with Gasteiger partial charge in [-0.1, -0.05) is 0 Å². The van der Waals surface area contributed by atoms with Gasteiger partial charge in [-0.3, -0.25) is 4.79 Å². The van der Waals surface area contributed by atoms with Gasteiger partial charge in [0.1, 0.15) is 0 Å². The maximum Gasteiger partial charge on any atom is 0.389 e. The van der Waals surface area contributed by atoms with Crippen LogP contribution in [0.5, 0.6) is 0 Å². The van der Waals surface area contributed by atoms with Gasteiger partial charge in [-0.15, -0.1) is 11.8 Å². The molecule has 0 spiro atoms. The summed E-state index contributed by atoms with van der Waals surface area (Å²) in [5, 5.41) is 0. The largest absolute Gasteiger partial charge is 0.468 e. The van der Waals surface area contributed by atoms with Crippen LogP contribution in [0.1, 0.15) is 6.42 Å². The Morgan fingerprint density at radius 3 is 2.50 bits per heavy atom. The molecule has 0 rings (SSSR count). The first-order valence-electron chi connectivity index (χ1n) is 3.17. The Hall–Kier alpha value is -0.390. The van der Waals surface area contributed by atoms with Gasteiger partial charge in [0.15, 0.2) is 0 Å². The molecule has 6 heteroatoms. The summed E-state index contributed by atoms with van der Waals surface area (Å²) in [6.07, 6.45) is -5.00. The van der Waals surface area contributed by atoms with Crippen LogP contribution in [-0.4, -0.2) is 30.8 Å². The third-order valence-corrected chi connectivity index (χ3v) is 1.91. The lowest BCUT2D eigenvalue weighted by atomic mass is 10.5. The van der Waals surface area contributed by atoms with Gasteiger partial charge in [0.05, 0.1) is 19.3 Å². The molecule has 0 atom stereocenters. The van der Waals surface area contributed by atoms with Crippen molar-refractivity contribution in [3.05, 3.63) is 0 Å². The van der Waals surface area contributed by atoms with Crippen LogP contribution in [0.3, 0.4) is 0 Å². The molecule has 0 bridgehead atoms. The summed E-state index contributed by atoms with van der Waals surface area (Å²) in [7, 11) is 1.20. The molecule has 12 heavy (non-hydrogen) atoms. The Kier molecular flexibility index (Phi) is 5.12. The molecule has 0 aromatic carbocycles. The van der Waals surface area contributed by atoms with Crippen molar-refractivity contribution >= 4 is 17.7 Å². The van der Waals surface area contributed by atoms with Crippen molar-refractivity contribution in [1.82, 2.24) is 0 Å². The Balaban J connectivity index is 3.28. The van der Waals surface area contributed by atoms with Gasteiger partial charge in [0.25, 0.3) is 0 Å². The van der Waals surface area contributed by atoms with Crippen molar-refractivity contribution in [3.63, 3.8) is 0 Å². The summed E-state index contributed by atoms with van der Waals surface area (Å²) in [5.41, 5.74) is 0. The Labute approximate surface area is 72.5 Å². The van der Waals surface area contributed by atoms with Gasteiger partial charge in [0, 0.05) is 5.75 Å². The smallest absolute Gasteiger partial charge is 0.389 e. The highest BCUT2D eigenvalue weighted by molar-refractivity contribution is 7.99. The van der Waals surface area contributed by atoms with Crippen LogP contribution in [0.25, 0.3) is 0 Å². The van der Waals surface area contributed by atoms with Gasteiger partial charge in [-0.05, 0) is 0 Å². The van der Waals surface area contributed by atoms with Crippen LogP contribution < -0.4 is 0 Å². The molecule has 0 aromatic heterocycles. The number of rotatable bonds is 4. The van der Waals surface area contributed by atoms with E-state index in [1.54, 1.807) is 0 Å². The van der Waals surface area contributed by atoms with E-state index in [0.717, 1.165) is 11.8 Å². The van der Waals surface area contributed by atoms with E-state index in [1.165, 1.54) is 7.11 Å². The van der Waals surface area contributed by atoms with E-state index in [4.69, 9.17) is 0 Å². The number of ether oxygens (including phenoxy) is 1. The zero-order valence-corrected chi connectivity index (χ0v) is 7.30. The molecule has 0 amide bonds. The highest BCUT2D eigenvalue weighted by Crippen LogP contribution is 2.21. The molecule has 0 N–H and O–H groups in total. The normalized spacial score (nSPS) is 11.3. The fourth-order valence-corrected chi connectivity index (χ4v) is 1.21. The number of hydrogen-bond acceptors (Lipinski definition) is 3. The van der Waals surface area contributed by atoms with Gasteiger partial charge in [-0.2, -0.15) is 13.2 Å². The van der Waals surface area contributed by atoms with Crippen molar-refractivity contribution in [2.75, 3.05) is 18.6 Å². The van der Waals surface area contributed by atoms with E-state index in [9.17, 15) is 18.0 Å². The summed E-state index contributed by atoms with van der Waals surface area (Å²) < 4.78 is 38.8. The van der Waals surface area contributed by atoms with E-state index in [-0.39, 0.29) is 11.5 Å². The van der Waals surface area contributed by atoms with E-state index < -0.39 is 18.6 Å². The Morgan fingerprint density at radius 2 is 2.08 bits per heavy atom. The molecule has 72 valence electrons. The number of thioether (sulfide) groups is 1. The summed E-state index contributed by atoms with van der Waals surface area (Å²) >= 11 is 0.918. The number of carbonyl (C=O) groups is 1. The molecule has 0 aliphatic heterocycles. The zero-order valence-electron chi connectivity index (χ0n) is 6.48. The second kappa shape index (κ2) is 5.29. The molecule has 0 aromatic rings. The highest BCUT2D eigenvalue weighted by Gasteiger charge is 2.26. The maximum absolute atomic E-state index is 11.5. The average Bonchev–Trinajstić information content (AvgIpc) is 1.96. The quantitative estimate of drug-likeness (QED) is 0.514. The lowest BCUT2D eigenvalue weighted by Gasteiger charge is -2.04. The fourth-order valence-electron chi connectivity index (χ4n) is 0.402. The van der Waals surface area contributed by atoms with Crippen LogP contribution in [0.15, 0.2) is 0 Å². The third kappa shape index (κ3) is 7.71. The van der Waals surface area contributed by atoms with Gasteiger partial charge < -0.3 is 4.74 Å². The minimum atomic E-state index is -4.14. The average molecular weight is 202 g/mol. The van der Waals surface area contributed by atoms with E-state index in [0.29, 0.717) is 0 Å². The predicted molar refractivity (Wildman–Crippen MR) is 40.0 cm³/mol. The summed E-state index contributed by atoms with van der Waals surface area (Å²) in [6.45, 7) is 0. The third-order valence-electron chi connectivity index (χ3n) is 0.977. The standard InChI is InChI=1S/C6H9F3O2S/c1-11-5(10)4-12-3-2-6(7,8)9/h2-4H2,1H3. The molecule has 0 saturated heterocycles. The number of methoxy groups -OCH3 is 1. The molecule has 0 radical (unpaired) electrons. The molecule has 0 aliphatic rings. The lowest BCUT2D eigenvalue weighted by molar-refractivity contribution is -0.137. The van der Waals surface area contributed by atoms with E-state index in [2.05, 4.69) is 4.74 Å². The first-order chi connectivity index (χ1) is 5.45. The topological polar surface area (TPSA) is 26.3 Å². The van der Waals surface area contributed by atoms with Crippen molar-refractivity contribution in [2.45, 2.75) is 12.6 Å². The van der Waals surface area contributed by atoms with E-state index >= 15 is 0 Å². The fraction of sp³-hybridized carbons (Fsp3) is 0.833. The first-order valence-corrected chi connectivity index (χ1v) is 4.32. The monoisotopic (exact) mass is 202 g/mol. The van der Waals surface area contributed by atoms with Gasteiger partial charge >= 0.3 is 12.1 Å². The minimum Gasteiger partial charge on any atom is -0.468 e. The number of alkyl halides is 3. The summed E-state index contributed by atoms with van der Waals surface area (Å²) in [4.78, 5) is 10.4. The highest BCUT2D eigenvalue weighted by atomic mass is 32.2. The summed E-state index contributed by atoms with van der Waals surface area (Å²) in [6, 6.07) is 0. The van der Waals surface area contributed by atoms with Crippen LogP contribution >= 0.6 is 11.8 Å². The Morgan fingerprint density at radius 1 is 1.50 bits per heavy atom. The Bertz CT molecular complexity index is 146. The first kappa shape index (κ1) is 11.6. The van der Waals surface area contributed by atoms with Crippen LogP contribution in [0, 0.1) is 0 Å². The van der Waals surface area contributed by atoms with Crippen LogP contribution in [0.2, 0.25) is 0 Å². The number of carbonyl (C=O) groups excluding carboxylic acids is 1. The SMILES string of the molecule is COC(=O)CSCCC(F)(F)F. The van der Waals surface area contributed by atoms with Gasteiger partial charge in [-0.25, -0.2) is 0 Å². The summed E-state index contributed by atoms with van der Waals surface area (Å²) in [5.74, 6) is -0.618. The van der Waals surface area contributed by atoms with Crippen molar-refractivity contribution in [3.8, 4) is 0 Å². The molecular weight excluding hydrogens is 193 g/mol. The van der Waals surface area contributed by atoms with E-state index in [1.807, 2.05) is 0 Å². The molecule has 0 fully saturated rings. The van der Waals surface area contributed by atoms with Gasteiger partial charge in [0.2, 0.25) is 0 Å². The predicted octanol–water partition coefficient (Wildman–Crippen LogP) is 1.84.